The van der Waals surface area contributed by atoms with Gasteiger partial charge in [0.1, 0.15) is 11.9 Å². The van der Waals surface area contributed by atoms with Gasteiger partial charge in [-0.3, -0.25) is 0 Å². The highest BCUT2D eigenvalue weighted by Gasteiger charge is 2.34. The van der Waals surface area contributed by atoms with Gasteiger partial charge in [0.05, 0.1) is 24.0 Å². The van der Waals surface area contributed by atoms with Gasteiger partial charge in [-0.1, -0.05) is 17.9 Å². The van der Waals surface area contributed by atoms with E-state index in [4.69, 9.17) is 19.6 Å². The molecule has 0 aliphatic heterocycles. The van der Waals surface area contributed by atoms with Crippen LogP contribution in [0.15, 0.2) is 24.0 Å². The SMILES string of the molecule is CC(C)OCCCC#C/C=C/C=C(\C=N)OC1CC(OC(C)(C)C)C1. The predicted molar refractivity (Wildman–Crippen MR) is 103 cm³/mol. The summed E-state index contributed by atoms with van der Waals surface area (Å²) in [6, 6.07) is 0. The third-order valence-corrected chi connectivity index (χ3v) is 3.46. The maximum absolute atomic E-state index is 7.44. The fraction of sp³-hybridized carbons (Fsp3) is 0.667. The molecule has 0 aromatic rings. The van der Waals surface area contributed by atoms with Crippen LogP contribution in [-0.2, 0) is 14.2 Å². The number of ether oxygens (including phenoxy) is 3. The van der Waals surface area contributed by atoms with Gasteiger partial charge < -0.3 is 19.6 Å². The van der Waals surface area contributed by atoms with E-state index in [1.165, 1.54) is 6.21 Å². The molecule has 1 fully saturated rings. The first-order valence-corrected chi connectivity index (χ1v) is 9.12. The Hall–Kier alpha value is -1.57. The Morgan fingerprint density at radius 2 is 1.96 bits per heavy atom. The molecule has 1 N–H and O–H groups in total. The summed E-state index contributed by atoms with van der Waals surface area (Å²) in [7, 11) is 0. The van der Waals surface area contributed by atoms with E-state index >= 15 is 0 Å². The van der Waals surface area contributed by atoms with Crippen LogP contribution in [0.25, 0.3) is 0 Å². The van der Waals surface area contributed by atoms with Gasteiger partial charge in [-0.05, 0) is 53.2 Å². The van der Waals surface area contributed by atoms with Gasteiger partial charge in [0.2, 0.25) is 0 Å². The van der Waals surface area contributed by atoms with Crippen LogP contribution in [0.2, 0.25) is 0 Å². The number of rotatable bonds is 9. The molecule has 25 heavy (non-hydrogen) atoms. The second-order valence-corrected chi connectivity index (χ2v) is 7.48. The maximum Gasteiger partial charge on any atom is 0.137 e. The lowest BCUT2D eigenvalue weighted by Gasteiger charge is -2.39. The molecule has 0 unspecified atom stereocenters. The molecule has 4 nitrogen and oxygen atoms in total. The molecule has 0 saturated heterocycles. The highest BCUT2D eigenvalue weighted by Crippen LogP contribution is 2.31. The summed E-state index contributed by atoms with van der Waals surface area (Å²) in [5.74, 6) is 6.62. The average Bonchev–Trinajstić information content (AvgIpc) is 2.47. The first kappa shape index (κ1) is 21.5. The van der Waals surface area contributed by atoms with Crippen molar-refractivity contribution < 1.29 is 14.2 Å². The van der Waals surface area contributed by atoms with E-state index in [9.17, 15) is 0 Å². The Bertz CT molecular complexity index is 511. The van der Waals surface area contributed by atoms with E-state index in [0.717, 1.165) is 32.3 Å². The van der Waals surface area contributed by atoms with Crippen molar-refractivity contribution in [3.63, 3.8) is 0 Å². The van der Waals surface area contributed by atoms with Crippen LogP contribution in [-0.4, -0.2) is 36.7 Å². The molecule has 4 heteroatoms. The summed E-state index contributed by atoms with van der Waals surface area (Å²) in [6.45, 7) is 11.0. The Kier molecular flexibility index (Phi) is 9.55. The van der Waals surface area contributed by atoms with Gasteiger partial charge in [0.25, 0.3) is 0 Å². The fourth-order valence-electron chi connectivity index (χ4n) is 2.33. The standard InChI is InChI=1S/C21H33NO3/c1-17(2)23-13-11-9-7-6-8-10-12-18(16-22)24-19-14-20(15-19)25-21(3,4)5/h8,10,12,16-17,19-20,22H,9,11,13-15H2,1-5H3/b10-8+,18-12+,22-16?. The summed E-state index contributed by atoms with van der Waals surface area (Å²) in [4.78, 5) is 0. The van der Waals surface area contributed by atoms with Crippen molar-refractivity contribution in [3.05, 3.63) is 24.0 Å². The summed E-state index contributed by atoms with van der Waals surface area (Å²) >= 11 is 0. The Balaban J connectivity index is 2.23. The molecule has 0 atom stereocenters. The van der Waals surface area contributed by atoms with E-state index < -0.39 is 0 Å². The first-order valence-electron chi connectivity index (χ1n) is 9.12. The van der Waals surface area contributed by atoms with Gasteiger partial charge in [-0.2, -0.15) is 0 Å². The average molecular weight is 347 g/mol. The molecule has 0 bridgehead atoms. The molecule has 0 aromatic carbocycles. The lowest BCUT2D eigenvalue weighted by Crippen LogP contribution is -2.41. The lowest BCUT2D eigenvalue weighted by molar-refractivity contribution is -0.136. The summed E-state index contributed by atoms with van der Waals surface area (Å²) in [6.07, 6.45) is 10.8. The summed E-state index contributed by atoms with van der Waals surface area (Å²) < 4.78 is 17.1. The summed E-state index contributed by atoms with van der Waals surface area (Å²) in [5, 5.41) is 7.44. The third kappa shape index (κ3) is 10.8. The lowest BCUT2D eigenvalue weighted by atomic mass is 9.91. The van der Waals surface area contributed by atoms with Crippen LogP contribution in [0.4, 0.5) is 0 Å². The van der Waals surface area contributed by atoms with Crippen LogP contribution in [0.3, 0.4) is 0 Å². The number of hydrogen-bond donors (Lipinski definition) is 1. The van der Waals surface area contributed by atoms with Crippen LogP contribution in [0.1, 0.15) is 60.3 Å². The summed E-state index contributed by atoms with van der Waals surface area (Å²) in [5.41, 5.74) is -0.113. The minimum atomic E-state index is -0.113. The number of nitrogens with one attached hydrogen (secondary N) is 1. The van der Waals surface area contributed by atoms with Crippen LogP contribution in [0, 0.1) is 17.3 Å². The maximum atomic E-state index is 7.44. The zero-order valence-corrected chi connectivity index (χ0v) is 16.3. The van der Waals surface area contributed by atoms with Crippen molar-refractivity contribution in [3.8, 4) is 11.8 Å². The van der Waals surface area contributed by atoms with Crippen LogP contribution < -0.4 is 0 Å². The molecule has 1 rings (SSSR count). The number of hydrogen-bond acceptors (Lipinski definition) is 4. The molecule has 0 radical (unpaired) electrons. The molecule has 0 heterocycles. The fourth-order valence-corrected chi connectivity index (χ4v) is 2.33. The largest absolute Gasteiger partial charge is 0.489 e. The Labute approximate surface area is 153 Å². The van der Waals surface area contributed by atoms with E-state index in [2.05, 4.69) is 32.6 Å². The first-order chi connectivity index (χ1) is 11.8. The second-order valence-electron chi connectivity index (χ2n) is 7.48. The third-order valence-electron chi connectivity index (χ3n) is 3.46. The minimum absolute atomic E-state index is 0.113. The second kappa shape index (κ2) is 11.1. The highest BCUT2D eigenvalue weighted by molar-refractivity contribution is 5.73. The van der Waals surface area contributed by atoms with Crippen molar-refractivity contribution >= 4 is 6.21 Å². The van der Waals surface area contributed by atoms with Crippen molar-refractivity contribution in [1.29, 1.82) is 5.41 Å². The van der Waals surface area contributed by atoms with Crippen LogP contribution >= 0.6 is 0 Å². The molecule has 140 valence electrons. The van der Waals surface area contributed by atoms with Crippen molar-refractivity contribution in [2.45, 2.75) is 84.2 Å². The molecule has 0 amide bonds. The normalized spacial score (nSPS) is 21.0. The molecule has 1 aliphatic rings. The molecular formula is C21H33NO3. The molecule has 1 saturated carbocycles. The zero-order valence-electron chi connectivity index (χ0n) is 16.3. The van der Waals surface area contributed by atoms with E-state index in [-0.39, 0.29) is 23.9 Å². The van der Waals surface area contributed by atoms with Crippen molar-refractivity contribution in [2.24, 2.45) is 0 Å². The predicted octanol–water partition coefficient (Wildman–Crippen LogP) is 4.65. The van der Waals surface area contributed by atoms with Gasteiger partial charge in [0, 0.05) is 25.9 Å². The highest BCUT2D eigenvalue weighted by atomic mass is 16.5. The van der Waals surface area contributed by atoms with Crippen molar-refractivity contribution in [1.82, 2.24) is 0 Å². The Morgan fingerprint density at radius 3 is 2.56 bits per heavy atom. The van der Waals surface area contributed by atoms with Gasteiger partial charge in [-0.25, -0.2) is 0 Å². The topological polar surface area (TPSA) is 51.5 Å². The van der Waals surface area contributed by atoms with Gasteiger partial charge in [0.15, 0.2) is 0 Å². The van der Waals surface area contributed by atoms with Crippen LogP contribution in [0.5, 0.6) is 0 Å². The van der Waals surface area contributed by atoms with Gasteiger partial charge in [-0.15, -0.1) is 0 Å². The number of allylic oxidation sites excluding steroid dienone is 4. The molecule has 1 aliphatic carbocycles. The smallest absolute Gasteiger partial charge is 0.137 e. The monoisotopic (exact) mass is 347 g/mol. The van der Waals surface area contributed by atoms with E-state index in [0.29, 0.717) is 5.76 Å². The Morgan fingerprint density at radius 1 is 1.24 bits per heavy atom. The molecule has 0 spiro atoms. The molecule has 0 aromatic heterocycles. The van der Waals surface area contributed by atoms with E-state index in [1.54, 1.807) is 12.2 Å². The minimum Gasteiger partial charge on any atom is -0.489 e. The quantitative estimate of drug-likeness (QED) is 0.217. The van der Waals surface area contributed by atoms with E-state index in [1.807, 2.05) is 19.9 Å². The number of unbranched alkanes of at least 4 members (excludes halogenated alkanes) is 1. The zero-order chi connectivity index (χ0) is 18.7. The van der Waals surface area contributed by atoms with Crippen molar-refractivity contribution in [2.75, 3.05) is 6.61 Å². The molecular weight excluding hydrogens is 314 g/mol. The van der Waals surface area contributed by atoms with Gasteiger partial charge >= 0.3 is 0 Å².